The molecular formula is C14H24N4O2S. The lowest BCUT2D eigenvalue weighted by molar-refractivity contribution is 0.299. The van der Waals surface area contributed by atoms with Crippen molar-refractivity contribution in [3.63, 3.8) is 0 Å². The van der Waals surface area contributed by atoms with Crippen molar-refractivity contribution in [2.45, 2.75) is 44.6 Å². The van der Waals surface area contributed by atoms with Crippen molar-refractivity contribution in [2.24, 2.45) is 7.05 Å². The van der Waals surface area contributed by atoms with Crippen LogP contribution in [0.3, 0.4) is 0 Å². The van der Waals surface area contributed by atoms with Gasteiger partial charge in [0.2, 0.25) is 0 Å². The Labute approximate surface area is 126 Å². The minimum absolute atomic E-state index is 0.0631. The highest BCUT2D eigenvalue weighted by atomic mass is 32.2. The summed E-state index contributed by atoms with van der Waals surface area (Å²) in [6, 6.07) is -0.0631. The van der Waals surface area contributed by atoms with Crippen LogP contribution in [0.5, 0.6) is 0 Å². The van der Waals surface area contributed by atoms with E-state index in [-0.39, 0.29) is 6.04 Å². The number of rotatable bonds is 3. The molecule has 3 rings (SSSR count). The van der Waals surface area contributed by atoms with Crippen LogP contribution < -0.4 is 0 Å². The molecule has 2 fully saturated rings. The predicted molar refractivity (Wildman–Crippen MR) is 80.8 cm³/mol. The van der Waals surface area contributed by atoms with E-state index < -0.39 is 10.2 Å². The molecule has 6 nitrogen and oxygen atoms in total. The van der Waals surface area contributed by atoms with Crippen LogP contribution in [0.2, 0.25) is 0 Å². The van der Waals surface area contributed by atoms with Crippen LogP contribution in [0, 0.1) is 0 Å². The number of aromatic nitrogens is 2. The molecule has 1 unspecified atom stereocenters. The Bertz CT molecular complexity index is 578. The lowest BCUT2D eigenvalue weighted by Gasteiger charge is -2.32. The Morgan fingerprint density at radius 2 is 1.81 bits per heavy atom. The topological polar surface area (TPSA) is 58.4 Å². The van der Waals surface area contributed by atoms with Gasteiger partial charge in [-0.25, -0.2) is 0 Å². The normalized spacial score (nSPS) is 26.0. The molecule has 0 aromatic carbocycles. The van der Waals surface area contributed by atoms with Crippen molar-refractivity contribution in [1.29, 1.82) is 0 Å². The van der Waals surface area contributed by atoms with Gasteiger partial charge in [0.15, 0.2) is 0 Å². The average Bonchev–Trinajstić information content (AvgIpc) is 3.06. The summed E-state index contributed by atoms with van der Waals surface area (Å²) >= 11 is 0. The molecule has 1 aromatic heterocycles. The minimum Gasteiger partial charge on any atom is -0.275 e. The number of nitrogens with zero attached hydrogens (tertiary/aromatic N) is 4. The Balaban J connectivity index is 1.91. The highest BCUT2D eigenvalue weighted by molar-refractivity contribution is 7.86. The molecule has 7 heteroatoms. The van der Waals surface area contributed by atoms with E-state index in [2.05, 4.69) is 5.10 Å². The summed E-state index contributed by atoms with van der Waals surface area (Å²) in [7, 11) is -1.47. The maximum Gasteiger partial charge on any atom is 0.282 e. The van der Waals surface area contributed by atoms with Crippen molar-refractivity contribution in [3.8, 4) is 0 Å². The number of hydrogen-bond donors (Lipinski definition) is 0. The summed E-state index contributed by atoms with van der Waals surface area (Å²) in [5.41, 5.74) is 1.02. The second kappa shape index (κ2) is 6.06. The Hall–Kier alpha value is -0.920. The summed E-state index contributed by atoms with van der Waals surface area (Å²) in [5.74, 6) is 0. The molecule has 3 heterocycles. The lowest BCUT2D eigenvalue weighted by Crippen LogP contribution is -2.44. The van der Waals surface area contributed by atoms with Gasteiger partial charge in [-0.1, -0.05) is 12.8 Å². The van der Waals surface area contributed by atoms with Gasteiger partial charge in [0.25, 0.3) is 10.2 Å². The maximum absolute atomic E-state index is 13.0. The molecule has 0 spiro atoms. The second-order valence-corrected chi connectivity index (χ2v) is 7.92. The van der Waals surface area contributed by atoms with Gasteiger partial charge in [-0.2, -0.15) is 22.1 Å². The summed E-state index contributed by atoms with van der Waals surface area (Å²) in [6.45, 7) is 1.95. The standard InChI is InChI=1S/C14H24N4O2S/c1-16-12-13(11-15-16)14-7-3-2-4-10-18(14)21(19,20)17-8-5-6-9-17/h11-12,14H,2-10H2,1H3. The van der Waals surface area contributed by atoms with Gasteiger partial charge in [0, 0.05) is 38.4 Å². The van der Waals surface area contributed by atoms with Gasteiger partial charge < -0.3 is 0 Å². The van der Waals surface area contributed by atoms with Crippen molar-refractivity contribution in [2.75, 3.05) is 19.6 Å². The fraction of sp³-hybridized carbons (Fsp3) is 0.786. The van der Waals surface area contributed by atoms with E-state index in [0.717, 1.165) is 44.1 Å². The molecule has 0 saturated carbocycles. The zero-order valence-electron chi connectivity index (χ0n) is 12.6. The molecule has 0 N–H and O–H groups in total. The molecule has 0 bridgehead atoms. The van der Waals surface area contributed by atoms with E-state index in [1.165, 1.54) is 0 Å². The van der Waals surface area contributed by atoms with E-state index >= 15 is 0 Å². The monoisotopic (exact) mass is 312 g/mol. The first-order chi connectivity index (χ1) is 10.1. The first-order valence-corrected chi connectivity index (χ1v) is 9.24. The van der Waals surface area contributed by atoms with Crippen molar-refractivity contribution < 1.29 is 8.42 Å². The van der Waals surface area contributed by atoms with E-state index in [4.69, 9.17) is 0 Å². The summed E-state index contributed by atoms with van der Waals surface area (Å²) in [5, 5.41) is 4.22. The third kappa shape index (κ3) is 3.00. The first kappa shape index (κ1) is 15.0. The molecular weight excluding hydrogens is 288 g/mol. The third-order valence-corrected chi connectivity index (χ3v) is 6.55. The third-order valence-electron chi connectivity index (χ3n) is 4.50. The molecule has 2 saturated heterocycles. The molecule has 21 heavy (non-hydrogen) atoms. The van der Waals surface area contributed by atoms with E-state index in [1.807, 2.05) is 19.4 Å². The molecule has 0 radical (unpaired) electrons. The zero-order chi connectivity index (χ0) is 14.9. The predicted octanol–water partition coefficient (Wildman–Crippen LogP) is 1.68. The smallest absolute Gasteiger partial charge is 0.275 e. The average molecular weight is 312 g/mol. The van der Waals surface area contributed by atoms with Gasteiger partial charge in [-0.3, -0.25) is 4.68 Å². The maximum atomic E-state index is 13.0. The van der Waals surface area contributed by atoms with Crippen LogP contribution in [-0.2, 0) is 17.3 Å². The van der Waals surface area contributed by atoms with Crippen molar-refractivity contribution >= 4 is 10.2 Å². The molecule has 2 aliphatic rings. The van der Waals surface area contributed by atoms with E-state index in [1.54, 1.807) is 13.3 Å². The molecule has 0 amide bonds. The quantitative estimate of drug-likeness (QED) is 0.853. The summed E-state index contributed by atoms with van der Waals surface area (Å²) in [6.07, 6.45) is 9.72. The van der Waals surface area contributed by atoms with Gasteiger partial charge in [0.05, 0.1) is 12.2 Å². The van der Waals surface area contributed by atoms with Crippen LogP contribution in [-0.4, -0.2) is 46.4 Å². The largest absolute Gasteiger partial charge is 0.282 e. The van der Waals surface area contributed by atoms with Gasteiger partial charge in [-0.05, 0) is 25.7 Å². The molecule has 118 valence electrons. The number of aryl methyl sites for hydroxylation is 1. The highest BCUT2D eigenvalue weighted by Gasteiger charge is 2.37. The van der Waals surface area contributed by atoms with E-state index in [0.29, 0.717) is 19.6 Å². The Morgan fingerprint density at radius 1 is 1.10 bits per heavy atom. The number of hydrogen-bond acceptors (Lipinski definition) is 3. The molecule has 2 aliphatic heterocycles. The molecule has 0 aliphatic carbocycles. The molecule has 1 aromatic rings. The van der Waals surface area contributed by atoms with Crippen LogP contribution in [0.4, 0.5) is 0 Å². The van der Waals surface area contributed by atoms with Gasteiger partial charge in [-0.15, -0.1) is 0 Å². The van der Waals surface area contributed by atoms with Gasteiger partial charge in [0.1, 0.15) is 0 Å². The van der Waals surface area contributed by atoms with Crippen LogP contribution in [0.15, 0.2) is 12.4 Å². The fourth-order valence-electron chi connectivity index (χ4n) is 3.37. The van der Waals surface area contributed by atoms with Crippen LogP contribution >= 0.6 is 0 Å². The Morgan fingerprint density at radius 3 is 2.48 bits per heavy atom. The van der Waals surface area contributed by atoms with Crippen LogP contribution in [0.25, 0.3) is 0 Å². The first-order valence-electron chi connectivity index (χ1n) is 7.84. The minimum atomic E-state index is -3.34. The SMILES string of the molecule is Cn1cc(C2CCCCCN2S(=O)(=O)N2CCCC2)cn1. The fourth-order valence-corrected chi connectivity index (χ4v) is 5.30. The zero-order valence-corrected chi connectivity index (χ0v) is 13.4. The van der Waals surface area contributed by atoms with E-state index in [9.17, 15) is 8.42 Å². The van der Waals surface area contributed by atoms with Gasteiger partial charge >= 0.3 is 0 Å². The summed E-state index contributed by atoms with van der Waals surface area (Å²) < 4.78 is 31.0. The second-order valence-electron chi connectivity index (χ2n) is 6.04. The summed E-state index contributed by atoms with van der Waals surface area (Å²) in [4.78, 5) is 0. The van der Waals surface area contributed by atoms with Crippen molar-refractivity contribution in [1.82, 2.24) is 18.4 Å². The Kier molecular flexibility index (Phi) is 4.33. The van der Waals surface area contributed by atoms with Crippen LogP contribution in [0.1, 0.15) is 50.1 Å². The van der Waals surface area contributed by atoms with Crippen molar-refractivity contribution in [3.05, 3.63) is 18.0 Å². The highest BCUT2D eigenvalue weighted by Crippen LogP contribution is 2.33. The lowest BCUT2D eigenvalue weighted by atomic mass is 10.1. The molecule has 1 atom stereocenters.